The van der Waals surface area contributed by atoms with Crippen LogP contribution in [-0.4, -0.2) is 16.9 Å². The van der Waals surface area contributed by atoms with Crippen LogP contribution in [0.1, 0.15) is 22.8 Å². The summed E-state index contributed by atoms with van der Waals surface area (Å²) in [7, 11) is 0. The van der Waals surface area contributed by atoms with Crippen LogP contribution in [0.4, 0.5) is 15.2 Å². The Bertz CT molecular complexity index is 598. The fourth-order valence-corrected chi connectivity index (χ4v) is 2.31. The van der Waals surface area contributed by atoms with Gasteiger partial charge in [0.05, 0.1) is 6.61 Å². The lowest BCUT2D eigenvalue weighted by atomic mass is 10.2. The first-order valence-electron chi connectivity index (χ1n) is 6.02. The molecule has 0 saturated heterocycles. The normalized spacial score (nSPS) is 10.3. The van der Waals surface area contributed by atoms with Gasteiger partial charge in [0, 0.05) is 6.54 Å². The number of esters is 1. The summed E-state index contributed by atoms with van der Waals surface area (Å²) in [5, 5.41) is 3.61. The first-order valence-corrected chi connectivity index (χ1v) is 6.79. The molecule has 0 spiro atoms. The van der Waals surface area contributed by atoms with Crippen LogP contribution in [-0.2, 0) is 11.3 Å². The number of carbonyl (C=O) groups is 1. The minimum absolute atomic E-state index is 0.148. The zero-order chi connectivity index (χ0) is 14.5. The van der Waals surface area contributed by atoms with Gasteiger partial charge in [-0.15, -0.1) is 0 Å². The summed E-state index contributed by atoms with van der Waals surface area (Å²) in [4.78, 5) is 11.8. The predicted octanol–water partition coefficient (Wildman–Crippen LogP) is 2.65. The number of carbonyl (C=O) groups excluding carboxylic acids is 1. The Morgan fingerprint density at radius 2 is 2.15 bits per heavy atom. The quantitative estimate of drug-likeness (QED) is 0.829. The summed E-state index contributed by atoms with van der Waals surface area (Å²) in [5.74, 6) is -0.640. The third-order valence-electron chi connectivity index (χ3n) is 2.56. The Labute approximate surface area is 119 Å². The minimum atomic E-state index is -0.500. The van der Waals surface area contributed by atoms with Crippen LogP contribution >= 0.6 is 11.5 Å². The number of rotatable bonds is 5. The summed E-state index contributed by atoms with van der Waals surface area (Å²) in [6.07, 6.45) is 0. The van der Waals surface area contributed by atoms with Crippen molar-refractivity contribution in [1.29, 1.82) is 0 Å². The Hall–Kier alpha value is -2.15. The number of halogens is 1. The molecular formula is C13H14FN3O2S. The highest BCUT2D eigenvalue weighted by Gasteiger charge is 2.20. The lowest BCUT2D eigenvalue weighted by Crippen LogP contribution is -2.10. The van der Waals surface area contributed by atoms with Gasteiger partial charge in [0.15, 0.2) is 5.82 Å². The molecule has 3 N–H and O–H groups in total. The molecule has 1 aromatic carbocycles. The molecular weight excluding hydrogens is 281 g/mol. The van der Waals surface area contributed by atoms with Crippen molar-refractivity contribution in [2.45, 2.75) is 13.5 Å². The summed E-state index contributed by atoms with van der Waals surface area (Å²) in [6.45, 7) is 2.43. The van der Waals surface area contributed by atoms with Crippen molar-refractivity contribution in [2.75, 3.05) is 17.7 Å². The van der Waals surface area contributed by atoms with Gasteiger partial charge in [0.25, 0.3) is 0 Å². The van der Waals surface area contributed by atoms with Crippen LogP contribution in [0, 0.1) is 5.82 Å². The number of aromatic nitrogens is 1. The SMILES string of the molecule is CCOC(=O)c1c(N)nsc1NCc1ccc(F)cc1. The number of nitrogens with zero attached hydrogens (tertiary/aromatic N) is 1. The summed E-state index contributed by atoms with van der Waals surface area (Å²) >= 11 is 1.09. The van der Waals surface area contributed by atoms with E-state index in [1.54, 1.807) is 19.1 Å². The average molecular weight is 295 g/mol. The monoisotopic (exact) mass is 295 g/mol. The molecule has 0 aliphatic carbocycles. The highest BCUT2D eigenvalue weighted by molar-refractivity contribution is 7.11. The fraction of sp³-hybridized carbons (Fsp3) is 0.231. The average Bonchev–Trinajstić information content (AvgIpc) is 2.79. The third-order valence-corrected chi connectivity index (χ3v) is 3.38. The first kappa shape index (κ1) is 14.3. The molecule has 0 radical (unpaired) electrons. The van der Waals surface area contributed by atoms with Gasteiger partial charge < -0.3 is 15.8 Å². The molecule has 5 nitrogen and oxygen atoms in total. The first-order chi connectivity index (χ1) is 9.61. The molecule has 0 bridgehead atoms. The van der Waals surface area contributed by atoms with Crippen molar-refractivity contribution < 1.29 is 13.9 Å². The van der Waals surface area contributed by atoms with Crippen LogP contribution in [0.3, 0.4) is 0 Å². The number of nitrogens with two attached hydrogens (primary N) is 1. The molecule has 7 heteroatoms. The summed E-state index contributed by atoms with van der Waals surface area (Å²) in [5.41, 5.74) is 6.80. The van der Waals surface area contributed by atoms with E-state index < -0.39 is 5.97 Å². The van der Waals surface area contributed by atoms with E-state index in [1.807, 2.05) is 0 Å². The number of hydrogen-bond acceptors (Lipinski definition) is 6. The van der Waals surface area contributed by atoms with Crippen molar-refractivity contribution in [2.24, 2.45) is 0 Å². The minimum Gasteiger partial charge on any atom is -0.462 e. The van der Waals surface area contributed by atoms with Crippen molar-refractivity contribution >= 4 is 28.3 Å². The van der Waals surface area contributed by atoms with E-state index in [9.17, 15) is 9.18 Å². The summed E-state index contributed by atoms with van der Waals surface area (Å²) < 4.78 is 21.7. The Morgan fingerprint density at radius 1 is 1.45 bits per heavy atom. The highest BCUT2D eigenvalue weighted by atomic mass is 32.1. The standard InChI is InChI=1S/C13H14FN3O2S/c1-2-19-13(18)10-11(15)17-20-12(10)16-7-8-3-5-9(14)6-4-8/h3-6,16H,2,7H2,1H3,(H2,15,17). The molecule has 2 rings (SSSR count). The molecule has 1 aromatic heterocycles. The molecule has 0 fully saturated rings. The van der Waals surface area contributed by atoms with Gasteiger partial charge in [0.1, 0.15) is 16.4 Å². The zero-order valence-corrected chi connectivity index (χ0v) is 11.7. The maximum Gasteiger partial charge on any atom is 0.344 e. The van der Waals surface area contributed by atoms with E-state index >= 15 is 0 Å². The molecule has 0 saturated carbocycles. The van der Waals surface area contributed by atoms with Gasteiger partial charge in [-0.2, -0.15) is 4.37 Å². The Kier molecular flexibility index (Phi) is 4.52. The third kappa shape index (κ3) is 3.24. The van der Waals surface area contributed by atoms with Crippen LogP contribution in [0.2, 0.25) is 0 Å². The second kappa shape index (κ2) is 6.33. The van der Waals surface area contributed by atoms with E-state index in [2.05, 4.69) is 9.69 Å². The van der Waals surface area contributed by atoms with Gasteiger partial charge in [-0.3, -0.25) is 0 Å². The Morgan fingerprint density at radius 3 is 2.80 bits per heavy atom. The maximum atomic E-state index is 12.8. The van der Waals surface area contributed by atoms with Crippen molar-refractivity contribution in [3.8, 4) is 0 Å². The van der Waals surface area contributed by atoms with Crippen LogP contribution in [0.15, 0.2) is 24.3 Å². The number of anilines is 2. The molecule has 0 amide bonds. The predicted molar refractivity (Wildman–Crippen MR) is 76.2 cm³/mol. The lowest BCUT2D eigenvalue weighted by Gasteiger charge is -2.07. The molecule has 2 aromatic rings. The van der Waals surface area contributed by atoms with E-state index in [0.29, 0.717) is 11.5 Å². The highest BCUT2D eigenvalue weighted by Crippen LogP contribution is 2.28. The van der Waals surface area contributed by atoms with Gasteiger partial charge in [-0.1, -0.05) is 12.1 Å². The van der Waals surface area contributed by atoms with E-state index in [0.717, 1.165) is 17.1 Å². The largest absolute Gasteiger partial charge is 0.462 e. The maximum absolute atomic E-state index is 12.8. The summed E-state index contributed by atoms with van der Waals surface area (Å²) in [6, 6.07) is 6.09. The molecule has 0 aliphatic rings. The number of nitrogens with one attached hydrogen (secondary N) is 1. The number of hydrogen-bond donors (Lipinski definition) is 2. The molecule has 1 heterocycles. The van der Waals surface area contributed by atoms with Gasteiger partial charge in [-0.05, 0) is 36.2 Å². The van der Waals surface area contributed by atoms with E-state index in [4.69, 9.17) is 10.5 Å². The number of benzene rings is 1. The van der Waals surface area contributed by atoms with E-state index in [1.165, 1.54) is 12.1 Å². The van der Waals surface area contributed by atoms with Crippen molar-refractivity contribution in [1.82, 2.24) is 4.37 Å². The topological polar surface area (TPSA) is 77.2 Å². The van der Waals surface area contributed by atoms with Crippen LogP contribution in [0.25, 0.3) is 0 Å². The zero-order valence-electron chi connectivity index (χ0n) is 10.9. The van der Waals surface area contributed by atoms with Gasteiger partial charge in [0.2, 0.25) is 0 Å². The lowest BCUT2D eigenvalue weighted by molar-refractivity contribution is 0.0529. The van der Waals surface area contributed by atoms with Crippen LogP contribution < -0.4 is 11.1 Å². The molecule has 0 atom stereocenters. The number of ether oxygens (including phenoxy) is 1. The second-order valence-corrected chi connectivity index (χ2v) is 4.75. The smallest absolute Gasteiger partial charge is 0.344 e. The van der Waals surface area contributed by atoms with Crippen molar-refractivity contribution in [3.63, 3.8) is 0 Å². The van der Waals surface area contributed by atoms with Gasteiger partial charge >= 0.3 is 5.97 Å². The second-order valence-electron chi connectivity index (χ2n) is 3.97. The molecule has 106 valence electrons. The van der Waals surface area contributed by atoms with Crippen LogP contribution in [0.5, 0.6) is 0 Å². The van der Waals surface area contributed by atoms with E-state index in [-0.39, 0.29) is 23.8 Å². The molecule has 0 unspecified atom stereocenters. The Balaban J connectivity index is 2.10. The van der Waals surface area contributed by atoms with Crippen molar-refractivity contribution in [3.05, 3.63) is 41.2 Å². The fourth-order valence-electron chi connectivity index (χ4n) is 1.61. The number of nitrogen functional groups attached to an aromatic ring is 1. The molecule has 0 aliphatic heterocycles. The van der Waals surface area contributed by atoms with Gasteiger partial charge in [-0.25, -0.2) is 9.18 Å². The molecule has 20 heavy (non-hydrogen) atoms.